The molecule has 0 spiro atoms. The maximum Gasteiger partial charge on any atom is 0.278 e. The van der Waals surface area contributed by atoms with Gasteiger partial charge in [0.1, 0.15) is 55.3 Å². The summed E-state index contributed by atoms with van der Waals surface area (Å²) in [5.41, 5.74) is -2.08. The van der Waals surface area contributed by atoms with Gasteiger partial charge in [-0.05, 0) is 25.5 Å². The van der Waals surface area contributed by atoms with E-state index in [0.717, 1.165) is 4.57 Å². The Morgan fingerprint density at radius 3 is 2.45 bits per heavy atom. The number of pyridine rings is 3. The van der Waals surface area contributed by atoms with E-state index in [4.69, 9.17) is 32.0 Å². The average molecular weight is 566 g/mol. The molecule has 1 N–H and O–H groups in total. The van der Waals surface area contributed by atoms with E-state index in [1.165, 1.54) is 31.5 Å². The Labute approximate surface area is 235 Å². The highest BCUT2D eigenvalue weighted by atomic mass is 35.5. The summed E-state index contributed by atoms with van der Waals surface area (Å²) in [6.07, 6.45) is 3.48. The summed E-state index contributed by atoms with van der Waals surface area (Å²) in [4.78, 5) is 29.7. The SMILES string of the molecule is [B]C([B])(Oc1cc(C)n(-c2c(C)cnc(-c3ccnc(C(C)(C)CO)n3)c2F)c(=O)c1Cl)c1ncc(F)cc1F. The number of rotatable bonds is 7. The Morgan fingerprint density at radius 2 is 1.80 bits per heavy atom. The highest BCUT2D eigenvalue weighted by molar-refractivity contribution is 6.39. The van der Waals surface area contributed by atoms with Gasteiger partial charge in [0.15, 0.2) is 5.82 Å². The topological polar surface area (TPSA) is 103 Å². The van der Waals surface area contributed by atoms with E-state index >= 15 is 4.39 Å². The fourth-order valence-electron chi connectivity index (χ4n) is 3.87. The quantitative estimate of drug-likeness (QED) is 0.342. The van der Waals surface area contributed by atoms with Gasteiger partial charge in [0, 0.05) is 35.6 Å². The van der Waals surface area contributed by atoms with Crippen molar-refractivity contribution in [2.24, 2.45) is 0 Å². The highest BCUT2D eigenvalue weighted by Crippen LogP contribution is 2.32. The zero-order valence-corrected chi connectivity index (χ0v) is 22.6. The third-order valence-corrected chi connectivity index (χ3v) is 6.40. The van der Waals surface area contributed by atoms with Gasteiger partial charge in [-0.15, -0.1) is 0 Å². The first kappa shape index (κ1) is 29.3. The minimum Gasteiger partial charge on any atom is -0.499 e. The number of hydrogen-bond acceptors (Lipinski definition) is 7. The average Bonchev–Trinajstić information content (AvgIpc) is 2.88. The van der Waals surface area contributed by atoms with Crippen LogP contribution in [0.15, 0.2) is 41.6 Å². The number of hydrogen-bond donors (Lipinski definition) is 1. The lowest BCUT2D eigenvalue weighted by Crippen LogP contribution is -2.37. The molecule has 0 unspecified atom stereocenters. The lowest BCUT2D eigenvalue weighted by atomic mass is 9.62. The van der Waals surface area contributed by atoms with Crippen LogP contribution in [0.4, 0.5) is 13.2 Å². The van der Waals surface area contributed by atoms with Gasteiger partial charge in [-0.1, -0.05) is 25.4 Å². The Hall–Kier alpha value is -3.70. The van der Waals surface area contributed by atoms with Gasteiger partial charge >= 0.3 is 0 Å². The van der Waals surface area contributed by atoms with Crippen LogP contribution in [-0.4, -0.2) is 51.9 Å². The van der Waals surface area contributed by atoms with Gasteiger partial charge in [-0.2, -0.15) is 0 Å². The zero-order chi connectivity index (χ0) is 29.6. The molecule has 0 fully saturated rings. The second-order valence-corrected chi connectivity index (χ2v) is 10.1. The van der Waals surface area contributed by atoms with Crippen molar-refractivity contribution in [1.82, 2.24) is 24.5 Å². The molecule has 0 aliphatic carbocycles. The van der Waals surface area contributed by atoms with Crippen molar-refractivity contribution >= 4 is 27.3 Å². The number of aliphatic hydroxyl groups is 1. The van der Waals surface area contributed by atoms with Crippen molar-refractivity contribution in [3.05, 3.63) is 92.4 Å². The number of halogens is 4. The third-order valence-electron chi connectivity index (χ3n) is 6.06. The fraction of sp³-hybridized carbons (Fsp3) is 0.269. The Morgan fingerprint density at radius 1 is 1.10 bits per heavy atom. The predicted octanol–water partition coefficient (Wildman–Crippen LogP) is 3.57. The van der Waals surface area contributed by atoms with Crippen LogP contribution < -0.4 is 10.3 Å². The Bertz CT molecular complexity index is 1680. The third kappa shape index (κ3) is 5.35. The molecular weight excluding hydrogens is 544 g/mol. The first-order valence-corrected chi connectivity index (χ1v) is 12.2. The molecule has 4 aromatic rings. The van der Waals surface area contributed by atoms with E-state index in [1.807, 2.05) is 0 Å². The summed E-state index contributed by atoms with van der Waals surface area (Å²) < 4.78 is 50.0. The number of ether oxygens (including phenoxy) is 1. The summed E-state index contributed by atoms with van der Waals surface area (Å²) in [7, 11) is 11.8. The van der Waals surface area contributed by atoms with E-state index in [9.17, 15) is 18.7 Å². The molecule has 0 amide bonds. The van der Waals surface area contributed by atoms with Gasteiger partial charge in [-0.3, -0.25) is 19.3 Å². The summed E-state index contributed by atoms with van der Waals surface area (Å²) in [5, 5.41) is 6.70. The molecule has 14 heteroatoms. The summed E-state index contributed by atoms with van der Waals surface area (Å²) in [6.45, 7) is 6.23. The normalized spacial score (nSPS) is 12.0. The molecule has 4 aromatic heterocycles. The van der Waals surface area contributed by atoms with Crippen LogP contribution >= 0.6 is 11.6 Å². The zero-order valence-electron chi connectivity index (χ0n) is 21.8. The van der Waals surface area contributed by atoms with Crippen LogP contribution in [0, 0.1) is 31.3 Å². The largest absolute Gasteiger partial charge is 0.499 e. The van der Waals surface area contributed by atoms with Crippen molar-refractivity contribution in [2.75, 3.05) is 6.61 Å². The lowest BCUT2D eigenvalue weighted by Gasteiger charge is -2.28. The summed E-state index contributed by atoms with van der Waals surface area (Å²) >= 11 is 6.30. The van der Waals surface area contributed by atoms with Crippen molar-refractivity contribution in [1.29, 1.82) is 0 Å². The van der Waals surface area contributed by atoms with Crippen LogP contribution in [0.2, 0.25) is 5.02 Å². The molecule has 4 heterocycles. The molecule has 202 valence electrons. The van der Waals surface area contributed by atoms with Crippen molar-refractivity contribution in [3.8, 4) is 22.8 Å². The summed E-state index contributed by atoms with van der Waals surface area (Å²) in [6, 6.07) is 3.22. The van der Waals surface area contributed by atoms with Gasteiger partial charge in [-0.25, -0.2) is 23.1 Å². The first-order valence-electron chi connectivity index (χ1n) is 11.8. The van der Waals surface area contributed by atoms with Crippen molar-refractivity contribution in [2.45, 2.75) is 38.5 Å². The number of aliphatic hydroxyl groups excluding tert-OH is 1. The molecule has 4 rings (SSSR count). The van der Waals surface area contributed by atoms with E-state index in [-0.39, 0.29) is 40.9 Å². The van der Waals surface area contributed by atoms with Crippen LogP contribution in [0.3, 0.4) is 0 Å². The molecule has 0 aromatic carbocycles. The second kappa shape index (κ2) is 10.7. The van der Waals surface area contributed by atoms with Crippen LogP contribution in [-0.2, 0) is 10.8 Å². The molecule has 4 radical (unpaired) electrons. The van der Waals surface area contributed by atoms with E-state index in [0.29, 0.717) is 17.8 Å². The molecule has 0 aliphatic heterocycles. The van der Waals surface area contributed by atoms with E-state index < -0.39 is 44.5 Å². The van der Waals surface area contributed by atoms with Crippen LogP contribution in [0.25, 0.3) is 17.1 Å². The van der Waals surface area contributed by atoms with Gasteiger partial charge in [0.2, 0.25) is 0 Å². The standard InChI is InChI=1S/C26H21B2ClF3N5O3/c1-12-9-34-20(16-5-6-33-24(36-16)25(3,4)11-38)19(32)21(12)37-13(2)7-17(18(29)23(37)39)40-26(27,28)22-15(31)8-14(30)10-35-22/h5-10,38H,11H2,1-4H3. The van der Waals surface area contributed by atoms with Gasteiger partial charge < -0.3 is 9.84 Å². The molecule has 0 saturated carbocycles. The van der Waals surface area contributed by atoms with Gasteiger partial charge in [0.05, 0.1) is 29.6 Å². The molecule has 8 nitrogen and oxygen atoms in total. The summed E-state index contributed by atoms with van der Waals surface area (Å²) in [5.74, 6) is -3.07. The maximum absolute atomic E-state index is 16.0. The molecular formula is C26H21B2ClF3N5O3. The van der Waals surface area contributed by atoms with Gasteiger partial charge in [0.25, 0.3) is 5.56 Å². The monoisotopic (exact) mass is 565 g/mol. The Balaban J connectivity index is 1.82. The van der Waals surface area contributed by atoms with Crippen LogP contribution in [0.1, 0.15) is 36.6 Å². The lowest BCUT2D eigenvalue weighted by molar-refractivity contribution is 0.212. The van der Waals surface area contributed by atoms with E-state index in [2.05, 4.69) is 19.9 Å². The molecule has 0 atom stereocenters. The van der Waals surface area contributed by atoms with Crippen molar-refractivity contribution in [3.63, 3.8) is 0 Å². The minimum atomic E-state index is -2.44. The number of nitrogens with zero attached hydrogens (tertiary/aromatic N) is 5. The van der Waals surface area contributed by atoms with Crippen molar-refractivity contribution < 1.29 is 23.0 Å². The molecule has 40 heavy (non-hydrogen) atoms. The van der Waals surface area contributed by atoms with Crippen LogP contribution in [0.5, 0.6) is 5.75 Å². The molecule has 0 bridgehead atoms. The van der Waals surface area contributed by atoms with E-state index in [1.54, 1.807) is 20.8 Å². The molecule has 0 saturated heterocycles. The second-order valence-electron chi connectivity index (χ2n) is 9.74. The predicted molar refractivity (Wildman–Crippen MR) is 143 cm³/mol. The smallest absolute Gasteiger partial charge is 0.278 e. The fourth-order valence-corrected chi connectivity index (χ4v) is 4.05. The molecule has 0 aliphatic rings. The first-order chi connectivity index (χ1) is 18.7. The maximum atomic E-state index is 16.0. The minimum absolute atomic E-state index is 0.131. The number of aryl methyl sites for hydroxylation is 2. The number of aromatic nitrogens is 5. The highest BCUT2D eigenvalue weighted by Gasteiger charge is 2.30. The Kier molecular flexibility index (Phi) is 7.83.